The van der Waals surface area contributed by atoms with Crippen molar-refractivity contribution in [3.8, 4) is 5.75 Å². The van der Waals surface area contributed by atoms with Gasteiger partial charge >= 0.3 is 0 Å². The molecule has 2 fully saturated rings. The van der Waals surface area contributed by atoms with E-state index in [-0.39, 0.29) is 58.9 Å². The number of amides is 2. The normalized spacial score (nSPS) is 21.1. The molecule has 1 saturated carbocycles. The zero-order valence-electron chi connectivity index (χ0n) is 19.8. The Balaban J connectivity index is 1.38. The van der Waals surface area contributed by atoms with Gasteiger partial charge in [0.05, 0.1) is 10.5 Å². The Morgan fingerprint density at radius 1 is 1.19 bits per heavy atom. The third-order valence-electron chi connectivity index (χ3n) is 7.51. The summed E-state index contributed by atoms with van der Waals surface area (Å²) in [5, 5.41) is 13.4. The third-order valence-corrected chi connectivity index (χ3v) is 7.81. The van der Waals surface area contributed by atoms with E-state index in [0.29, 0.717) is 23.0 Å². The molecule has 2 heterocycles. The average molecular weight is 512 g/mol. The number of phenolic OH excluding ortho intramolecular Hbond substituents is 1. The molecule has 1 saturated heterocycles. The fraction of sp³-hybridized carbons (Fsp3) is 0.370. The summed E-state index contributed by atoms with van der Waals surface area (Å²) >= 11 is 5.86. The van der Waals surface area contributed by atoms with Crippen molar-refractivity contribution in [2.75, 3.05) is 6.54 Å². The first kappa shape index (κ1) is 24.3. The minimum absolute atomic E-state index is 0.00908. The fourth-order valence-corrected chi connectivity index (χ4v) is 5.99. The zero-order chi connectivity index (χ0) is 25.6. The SMILES string of the molecule is CC(=O)c1cn(CC(=O)N2C[C@@H]3CCC[C@@H]3[C@H]2C(=O)NCc2cccc(Cl)c2F)c2cc(O)ccc12. The van der Waals surface area contributed by atoms with Gasteiger partial charge in [-0.25, -0.2) is 4.39 Å². The average Bonchev–Trinajstić information content (AvgIpc) is 3.53. The molecule has 9 heteroatoms. The van der Waals surface area contributed by atoms with Crippen molar-refractivity contribution in [3.63, 3.8) is 0 Å². The number of nitrogens with one attached hydrogen (secondary N) is 1. The molecule has 1 aliphatic heterocycles. The molecule has 3 aromatic rings. The number of carbonyl (C=O) groups is 3. The minimum atomic E-state index is -0.644. The Morgan fingerprint density at radius 3 is 2.78 bits per heavy atom. The number of nitrogens with zero attached hydrogens (tertiary/aromatic N) is 2. The molecule has 188 valence electrons. The van der Waals surface area contributed by atoms with E-state index in [4.69, 9.17) is 11.6 Å². The van der Waals surface area contributed by atoms with Crippen LogP contribution in [0.3, 0.4) is 0 Å². The van der Waals surface area contributed by atoms with E-state index in [1.54, 1.807) is 33.9 Å². The number of likely N-dealkylation sites (tertiary alicyclic amines) is 1. The van der Waals surface area contributed by atoms with Gasteiger partial charge < -0.3 is 19.9 Å². The third kappa shape index (κ3) is 4.34. The topological polar surface area (TPSA) is 91.6 Å². The van der Waals surface area contributed by atoms with Gasteiger partial charge in [-0.3, -0.25) is 14.4 Å². The second-order valence-corrected chi connectivity index (χ2v) is 10.1. The maximum atomic E-state index is 14.3. The highest BCUT2D eigenvalue weighted by molar-refractivity contribution is 6.30. The molecule has 2 aliphatic rings. The van der Waals surface area contributed by atoms with Crippen LogP contribution in [0.1, 0.15) is 42.1 Å². The molecule has 0 spiro atoms. The first-order valence-corrected chi connectivity index (χ1v) is 12.4. The van der Waals surface area contributed by atoms with Crippen LogP contribution in [0.15, 0.2) is 42.6 Å². The van der Waals surface area contributed by atoms with E-state index in [0.717, 1.165) is 19.3 Å². The highest BCUT2D eigenvalue weighted by atomic mass is 35.5. The van der Waals surface area contributed by atoms with Crippen molar-refractivity contribution in [2.45, 2.75) is 45.3 Å². The molecule has 0 bridgehead atoms. The number of benzene rings is 2. The molecule has 2 amide bonds. The summed E-state index contributed by atoms with van der Waals surface area (Å²) in [6.07, 6.45) is 4.44. The van der Waals surface area contributed by atoms with Crippen molar-refractivity contribution in [1.82, 2.24) is 14.8 Å². The van der Waals surface area contributed by atoms with Crippen LogP contribution in [0.2, 0.25) is 5.02 Å². The molecule has 1 aromatic heterocycles. The number of ketones is 1. The highest BCUT2D eigenvalue weighted by Gasteiger charge is 2.49. The first-order valence-electron chi connectivity index (χ1n) is 12.1. The lowest BCUT2D eigenvalue weighted by Crippen LogP contribution is -2.49. The lowest BCUT2D eigenvalue weighted by Gasteiger charge is -2.27. The lowest BCUT2D eigenvalue weighted by atomic mass is 9.93. The predicted octanol–water partition coefficient (Wildman–Crippen LogP) is 4.29. The molecule has 1 aliphatic carbocycles. The van der Waals surface area contributed by atoms with Crippen LogP contribution in [-0.4, -0.2) is 44.8 Å². The lowest BCUT2D eigenvalue weighted by molar-refractivity contribution is -0.140. The van der Waals surface area contributed by atoms with Gasteiger partial charge in [-0.1, -0.05) is 30.2 Å². The standard InChI is InChI=1S/C27H27ClFN3O4/c1-15(33)21-13-31(23-10-18(34)8-9-20(21)23)14-24(35)32-12-17-5-2-6-19(17)26(32)27(36)30-11-16-4-3-7-22(28)25(16)29/h3-4,7-10,13,17,19,26,34H,2,5-6,11-12,14H2,1H3,(H,30,36)/t17-,19-,26-/m0/s1. The van der Waals surface area contributed by atoms with E-state index >= 15 is 0 Å². The first-order chi connectivity index (χ1) is 17.2. The Hall–Kier alpha value is -3.39. The summed E-state index contributed by atoms with van der Waals surface area (Å²) < 4.78 is 16.0. The Kier molecular flexibility index (Phi) is 6.47. The summed E-state index contributed by atoms with van der Waals surface area (Å²) in [6.45, 7) is 1.85. The van der Waals surface area contributed by atoms with Crippen LogP contribution in [0.4, 0.5) is 4.39 Å². The Bertz CT molecular complexity index is 1370. The predicted molar refractivity (Wildman–Crippen MR) is 133 cm³/mol. The maximum absolute atomic E-state index is 14.3. The van der Waals surface area contributed by atoms with E-state index < -0.39 is 11.9 Å². The molecule has 5 rings (SSSR count). The van der Waals surface area contributed by atoms with E-state index in [1.165, 1.54) is 25.1 Å². The minimum Gasteiger partial charge on any atom is -0.508 e. The highest BCUT2D eigenvalue weighted by Crippen LogP contribution is 2.42. The fourth-order valence-electron chi connectivity index (χ4n) is 5.80. The quantitative estimate of drug-likeness (QED) is 0.483. The van der Waals surface area contributed by atoms with Gasteiger partial charge in [0.15, 0.2) is 5.78 Å². The second-order valence-electron chi connectivity index (χ2n) is 9.70. The smallest absolute Gasteiger partial charge is 0.243 e. The van der Waals surface area contributed by atoms with Crippen molar-refractivity contribution in [3.05, 3.63) is 64.6 Å². The number of Topliss-reactive ketones (excluding diaryl/α,β-unsaturated/α-hetero) is 1. The monoisotopic (exact) mass is 511 g/mol. The van der Waals surface area contributed by atoms with E-state index in [2.05, 4.69) is 5.32 Å². The molecular formula is C27H27ClFN3O4. The van der Waals surface area contributed by atoms with Gasteiger partial charge in [-0.05, 0) is 49.8 Å². The van der Waals surface area contributed by atoms with Crippen LogP contribution < -0.4 is 5.32 Å². The van der Waals surface area contributed by atoms with Crippen molar-refractivity contribution < 1.29 is 23.9 Å². The molecule has 0 unspecified atom stereocenters. The number of phenols is 1. The number of aromatic hydroxyl groups is 1. The van der Waals surface area contributed by atoms with Crippen LogP contribution in [0, 0.1) is 17.7 Å². The van der Waals surface area contributed by atoms with Crippen molar-refractivity contribution in [2.24, 2.45) is 11.8 Å². The number of hydrogen-bond acceptors (Lipinski definition) is 4. The molecule has 3 atom stereocenters. The van der Waals surface area contributed by atoms with Gasteiger partial charge in [-0.15, -0.1) is 0 Å². The van der Waals surface area contributed by atoms with E-state index in [1.807, 2.05) is 0 Å². The molecule has 36 heavy (non-hydrogen) atoms. The second kappa shape index (κ2) is 9.58. The Labute approximate surface area is 212 Å². The molecule has 0 radical (unpaired) electrons. The van der Waals surface area contributed by atoms with Crippen LogP contribution in [0.25, 0.3) is 10.9 Å². The summed E-state index contributed by atoms with van der Waals surface area (Å²) in [5.41, 5.74) is 1.32. The van der Waals surface area contributed by atoms with Crippen molar-refractivity contribution in [1.29, 1.82) is 0 Å². The number of fused-ring (bicyclic) bond motifs is 2. The summed E-state index contributed by atoms with van der Waals surface area (Å²) in [5.74, 6) is -0.933. The summed E-state index contributed by atoms with van der Waals surface area (Å²) in [6, 6.07) is 8.69. The van der Waals surface area contributed by atoms with Gasteiger partial charge in [-0.2, -0.15) is 0 Å². The molecule has 7 nitrogen and oxygen atoms in total. The van der Waals surface area contributed by atoms with Gasteiger partial charge in [0.2, 0.25) is 11.8 Å². The maximum Gasteiger partial charge on any atom is 0.243 e. The number of hydrogen-bond donors (Lipinski definition) is 2. The van der Waals surface area contributed by atoms with Crippen LogP contribution >= 0.6 is 11.6 Å². The van der Waals surface area contributed by atoms with Crippen LogP contribution in [0.5, 0.6) is 5.75 Å². The zero-order valence-corrected chi connectivity index (χ0v) is 20.6. The Morgan fingerprint density at radius 2 is 2.00 bits per heavy atom. The van der Waals surface area contributed by atoms with Gasteiger partial charge in [0.25, 0.3) is 0 Å². The number of carbonyl (C=O) groups excluding carboxylic acids is 3. The molecule has 2 N–H and O–H groups in total. The van der Waals surface area contributed by atoms with Gasteiger partial charge in [0, 0.05) is 41.9 Å². The largest absolute Gasteiger partial charge is 0.508 e. The number of rotatable bonds is 6. The number of halogens is 2. The summed E-state index contributed by atoms with van der Waals surface area (Å²) in [4.78, 5) is 40.6. The van der Waals surface area contributed by atoms with Gasteiger partial charge in [0.1, 0.15) is 24.2 Å². The molecular weight excluding hydrogens is 485 g/mol. The van der Waals surface area contributed by atoms with Crippen LogP contribution in [-0.2, 0) is 22.7 Å². The van der Waals surface area contributed by atoms with Crippen molar-refractivity contribution >= 4 is 40.1 Å². The summed E-state index contributed by atoms with van der Waals surface area (Å²) in [7, 11) is 0. The molecule has 2 aromatic carbocycles. The number of aromatic nitrogens is 1. The van der Waals surface area contributed by atoms with E-state index in [9.17, 15) is 23.9 Å².